The first-order chi connectivity index (χ1) is 15.1. The average Bonchev–Trinajstić information content (AvgIpc) is 2.81. The molecule has 1 aliphatic heterocycles. The summed E-state index contributed by atoms with van der Waals surface area (Å²) in [5.74, 6) is 0.367. The van der Waals surface area contributed by atoms with Crippen LogP contribution < -0.4 is 20.5 Å². The molecule has 0 unspecified atom stereocenters. The predicted molar refractivity (Wildman–Crippen MR) is 119 cm³/mol. The molecule has 31 heavy (non-hydrogen) atoms. The van der Waals surface area contributed by atoms with Crippen LogP contribution >= 0.6 is 0 Å². The van der Waals surface area contributed by atoms with Crippen molar-refractivity contribution in [3.8, 4) is 17.0 Å². The average molecular weight is 420 g/mol. The number of carbonyl (C=O) groups excluding carboxylic acids is 1. The van der Waals surface area contributed by atoms with Gasteiger partial charge < -0.3 is 19.7 Å². The van der Waals surface area contributed by atoms with E-state index in [4.69, 9.17) is 9.47 Å². The van der Waals surface area contributed by atoms with Crippen molar-refractivity contribution in [2.75, 3.05) is 43.6 Å². The van der Waals surface area contributed by atoms with Crippen molar-refractivity contribution in [3.63, 3.8) is 0 Å². The number of benzene rings is 2. The van der Waals surface area contributed by atoms with Gasteiger partial charge in [0, 0.05) is 36.1 Å². The molecule has 1 N–H and O–H groups in total. The molecule has 0 bridgehead atoms. The fourth-order valence-electron chi connectivity index (χ4n) is 3.41. The Balaban J connectivity index is 1.44. The minimum Gasteiger partial charge on any atom is -0.497 e. The number of amides is 1. The highest BCUT2D eigenvalue weighted by atomic mass is 16.5. The molecule has 1 saturated heterocycles. The van der Waals surface area contributed by atoms with Gasteiger partial charge in [-0.1, -0.05) is 12.1 Å². The zero-order valence-corrected chi connectivity index (χ0v) is 17.3. The van der Waals surface area contributed by atoms with Crippen LogP contribution in [0.2, 0.25) is 0 Å². The number of anilines is 2. The van der Waals surface area contributed by atoms with E-state index >= 15 is 0 Å². The number of morpholine rings is 1. The summed E-state index contributed by atoms with van der Waals surface area (Å²) < 4.78 is 11.8. The molecule has 0 radical (unpaired) electrons. The van der Waals surface area contributed by atoms with Gasteiger partial charge in [0.25, 0.3) is 5.56 Å². The van der Waals surface area contributed by atoms with Crippen LogP contribution in [0, 0.1) is 0 Å². The van der Waals surface area contributed by atoms with Gasteiger partial charge in [0.2, 0.25) is 5.91 Å². The van der Waals surface area contributed by atoms with Gasteiger partial charge >= 0.3 is 0 Å². The van der Waals surface area contributed by atoms with Gasteiger partial charge in [0.05, 0.1) is 26.0 Å². The van der Waals surface area contributed by atoms with E-state index in [0.29, 0.717) is 17.1 Å². The Morgan fingerprint density at radius 3 is 2.61 bits per heavy atom. The molecule has 2 aromatic carbocycles. The summed E-state index contributed by atoms with van der Waals surface area (Å²) in [6, 6.07) is 18.1. The molecule has 1 aliphatic rings. The van der Waals surface area contributed by atoms with Crippen molar-refractivity contribution in [1.29, 1.82) is 0 Å². The van der Waals surface area contributed by atoms with Crippen molar-refractivity contribution in [2.24, 2.45) is 0 Å². The van der Waals surface area contributed by atoms with E-state index in [-0.39, 0.29) is 18.0 Å². The summed E-state index contributed by atoms with van der Waals surface area (Å²) >= 11 is 0. The summed E-state index contributed by atoms with van der Waals surface area (Å²) in [5, 5.41) is 7.17. The molecule has 1 amide bonds. The molecule has 8 nitrogen and oxygen atoms in total. The van der Waals surface area contributed by atoms with E-state index < -0.39 is 0 Å². The molecule has 0 aliphatic carbocycles. The Bertz CT molecular complexity index is 1110. The summed E-state index contributed by atoms with van der Waals surface area (Å²) in [5.41, 5.74) is 2.79. The third-order valence-electron chi connectivity index (χ3n) is 5.05. The molecular weight excluding hydrogens is 396 g/mol. The summed E-state index contributed by atoms with van der Waals surface area (Å²) in [6.07, 6.45) is 0. The Morgan fingerprint density at radius 2 is 1.87 bits per heavy atom. The second kappa shape index (κ2) is 9.44. The molecular formula is C23H24N4O4. The van der Waals surface area contributed by atoms with Crippen LogP contribution in [0.25, 0.3) is 11.3 Å². The number of hydrogen-bond acceptors (Lipinski definition) is 6. The number of rotatable bonds is 6. The quantitative estimate of drug-likeness (QED) is 0.659. The molecule has 0 atom stereocenters. The molecule has 4 rings (SSSR count). The van der Waals surface area contributed by atoms with Crippen molar-refractivity contribution in [2.45, 2.75) is 6.54 Å². The highest BCUT2D eigenvalue weighted by Gasteiger charge is 2.12. The van der Waals surface area contributed by atoms with Crippen LogP contribution in [0.15, 0.2) is 65.5 Å². The van der Waals surface area contributed by atoms with Gasteiger partial charge in [-0.25, -0.2) is 4.68 Å². The highest BCUT2D eigenvalue weighted by molar-refractivity contribution is 5.90. The second-order valence-electron chi connectivity index (χ2n) is 7.14. The second-order valence-corrected chi connectivity index (χ2v) is 7.14. The maximum absolute atomic E-state index is 12.5. The van der Waals surface area contributed by atoms with Crippen molar-refractivity contribution < 1.29 is 14.3 Å². The van der Waals surface area contributed by atoms with E-state index in [0.717, 1.165) is 42.2 Å². The van der Waals surface area contributed by atoms with Gasteiger partial charge in [0.15, 0.2) is 0 Å². The number of methoxy groups -OCH3 is 1. The topological polar surface area (TPSA) is 85.7 Å². The van der Waals surface area contributed by atoms with Gasteiger partial charge in [0.1, 0.15) is 12.3 Å². The summed E-state index contributed by atoms with van der Waals surface area (Å²) in [7, 11) is 1.59. The monoisotopic (exact) mass is 420 g/mol. The van der Waals surface area contributed by atoms with E-state index in [2.05, 4.69) is 15.3 Å². The van der Waals surface area contributed by atoms with Crippen LogP contribution in [-0.2, 0) is 16.1 Å². The number of ether oxygens (including phenoxy) is 2. The number of aromatic nitrogens is 2. The van der Waals surface area contributed by atoms with Gasteiger partial charge in [-0.05, 0) is 42.5 Å². The standard InChI is InChI=1S/C23H24N4O4/c1-30-20-4-2-3-17(15-20)21-9-10-23(29)27(25-21)16-22(28)24-18-5-7-19(8-6-18)26-11-13-31-14-12-26/h2-10,15H,11-14,16H2,1H3,(H,24,28). The van der Waals surface area contributed by atoms with Crippen LogP contribution in [0.3, 0.4) is 0 Å². The van der Waals surface area contributed by atoms with Crippen LogP contribution in [0.5, 0.6) is 5.75 Å². The Labute approximate surface area is 180 Å². The Hall–Kier alpha value is -3.65. The van der Waals surface area contributed by atoms with E-state index in [1.807, 2.05) is 48.5 Å². The van der Waals surface area contributed by atoms with Crippen LogP contribution in [-0.4, -0.2) is 49.1 Å². The van der Waals surface area contributed by atoms with Crippen LogP contribution in [0.4, 0.5) is 11.4 Å². The lowest BCUT2D eigenvalue weighted by Gasteiger charge is -2.28. The van der Waals surface area contributed by atoms with Crippen molar-refractivity contribution in [1.82, 2.24) is 9.78 Å². The maximum Gasteiger partial charge on any atom is 0.267 e. The third kappa shape index (κ3) is 5.10. The molecule has 1 aromatic heterocycles. The smallest absolute Gasteiger partial charge is 0.267 e. The third-order valence-corrected chi connectivity index (χ3v) is 5.05. The van der Waals surface area contributed by atoms with Crippen LogP contribution in [0.1, 0.15) is 0 Å². The fourth-order valence-corrected chi connectivity index (χ4v) is 3.41. The predicted octanol–water partition coefficient (Wildman–Crippen LogP) is 2.39. The minimum absolute atomic E-state index is 0.179. The van der Waals surface area contributed by atoms with Gasteiger partial charge in [-0.3, -0.25) is 9.59 Å². The minimum atomic E-state index is -0.343. The lowest BCUT2D eigenvalue weighted by Crippen LogP contribution is -2.36. The molecule has 2 heterocycles. The first-order valence-electron chi connectivity index (χ1n) is 10.1. The molecule has 160 valence electrons. The fraction of sp³-hybridized carbons (Fsp3) is 0.261. The molecule has 8 heteroatoms. The van der Waals surface area contributed by atoms with E-state index in [1.165, 1.54) is 6.07 Å². The molecule has 0 spiro atoms. The number of nitrogens with one attached hydrogen (secondary N) is 1. The normalized spacial score (nSPS) is 13.6. The summed E-state index contributed by atoms with van der Waals surface area (Å²) in [6.45, 7) is 2.96. The number of nitrogens with zero attached hydrogens (tertiary/aromatic N) is 3. The molecule has 1 fully saturated rings. The SMILES string of the molecule is COc1cccc(-c2ccc(=O)n(CC(=O)Nc3ccc(N4CCOCC4)cc3)n2)c1. The number of carbonyl (C=O) groups is 1. The van der Waals surface area contributed by atoms with E-state index in [9.17, 15) is 9.59 Å². The Kier molecular flexibility index (Phi) is 6.28. The largest absolute Gasteiger partial charge is 0.497 e. The van der Waals surface area contributed by atoms with E-state index in [1.54, 1.807) is 13.2 Å². The number of hydrogen-bond donors (Lipinski definition) is 1. The first-order valence-corrected chi connectivity index (χ1v) is 10.1. The maximum atomic E-state index is 12.5. The van der Waals surface area contributed by atoms with Gasteiger partial charge in [-0.2, -0.15) is 5.10 Å². The van der Waals surface area contributed by atoms with Crippen molar-refractivity contribution >= 4 is 17.3 Å². The summed E-state index contributed by atoms with van der Waals surface area (Å²) in [4.78, 5) is 27.0. The zero-order valence-electron chi connectivity index (χ0n) is 17.3. The Morgan fingerprint density at radius 1 is 1.10 bits per heavy atom. The first kappa shape index (κ1) is 20.6. The lowest BCUT2D eigenvalue weighted by atomic mass is 10.1. The lowest BCUT2D eigenvalue weighted by molar-refractivity contribution is -0.117. The zero-order chi connectivity index (χ0) is 21.6. The highest BCUT2D eigenvalue weighted by Crippen LogP contribution is 2.21. The van der Waals surface area contributed by atoms with Gasteiger partial charge in [-0.15, -0.1) is 0 Å². The van der Waals surface area contributed by atoms with Crippen molar-refractivity contribution in [3.05, 3.63) is 71.0 Å². The molecule has 3 aromatic rings. The molecule has 0 saturated carbocycles.